The number of nitrogen functional groups attached to an aromatic ring is 1. The summed E-state index contributed by atoms with van der Waals surface area (Å²) in [5, 5.41) is 18.2. The van der Waals surface area contributed by atoms with Gasteiger partial charge in [0.05, 0.1) is 12.7 Å². The van der Waals surface area contributed by atoms with Gasteiger partial charge in [-0.2, -0.15) is 15.4 Å². The molecule has 1 aliphatic heterocycles. The molecule has 0 aliphatic carbocycles. The van der Waals surface area contributed by atoms with E-state index in [1.807, 2.05) is 29.2 Å². The van der Waals surface area contributed by atoms with Crippen LogP contribution in [-0.4, -0.2) is 42.6 Å². The number of anilines is 1. The fourth-order valence-electron chi connectivity index (χ4n) is 3.83. The lowest BCUT2D eigenvalue weighted by Gasteiger charge is -2.10. The highest BCUT2D eigenvalue weighted by atomic mass is 16.1. The largest absolute Gasteiger partial charge is 0.384 e. The standard InChI is InChI=1S/C20H20N8O/c21-17-6-15(19-20(24-17)26-27-25-19)5-13-8-23-28(11-13)10-12-2-1-3-14(4-12)16-7-18(29)22-9-16/h1-4,6,8,11,16H,5,7,9-10H2,(H,22,29)(H3,21,24,25,26,27)/t16-/m0/s1. The summed E-state index contributed by atoms with van der Waals surface area (Å²) < 4.78 is 1.91. The number of amides is 1. The van der Waals surface area contributed by atoms with Crippen molar-refractivity contribution >= 4 is 22.9 Å². The number of benzene rings is 1. The minimum Gasteiger partial charge on any atom is -0.384 e. The number of H-pyrrole nitrogens is 1. The number of hydrogen-bond acceptors (Lipinski definition) is 6. The molecule has 9 heteroatoms. The van der Waals surface area contributed by atoms with Crippen molar-refractivity contribution in [2.24, 2.45) is 0 Å². The number of fused-ring (bicyclic) bond motifs is 1. The maximum absolute atomic E-state index is 11.5. The van der Waals surface area contributed by atoms with Crippen LogP contribution in [0, 0.1) is 0 Å². The van der Waals surface area contributed by atoms with Gasteiger partial charge in [0.25, 0.3) is 0 Å². The van der Waals surface area contributed by atoms with Crippen molar-refractivity contribution in [1.29, 1.82) is 0 Å². The average Bonchev–Trinajstić information content (AvgIpc) is 3.43. The maximum atomic E-state index is 11.5. The number of aromatic nitrogens is 6. The van der Waals surface area contributed by atoms with E-state index in [0.717, 1.165) is 22.2 Å². The van der Waals surface area contributed by atoms with E-state index in [0.29, 0.717) is 37.4 Å². The number of pyridine rings is 1. The first-order valence-electron chi connectivity index (χ1n) is 9.47. The predicted octanol–water partition coefficient (Wildman–Crippen LogP) is 1.37. The summed E-state index contributed by atoms with van der Waals surface area (Å²) in [4.78, 5) is 15.7. The third-order valence-electron chi connectivity index (χ3n) is 5.22. The molecule has 5 rings (SSSR count). The first kappa shape index (κ1) is 17.4. The van der Waals surface area contributed by atoms with Crippen LogP contribution in [0.15, 0.2) is 42.7 Å². The number of rotatable bonds is 5. The molecule has 1 atom stereocenters. The SMILES string of the molecule is Nc1cc(Cc2cnn(Cc3cccc([C@@H]4CNC(=O)C4)c3)c2)c2n[nH]nc2n1. The van der Waals surface area contributed by atoms with Gasteiger partial charge in [0.15, 0.2) is 0 Å². The lowest BCUT2D eigenvalue weighted by Crippen LogP contribution is -2.13. The number of carbonyl (C=O) groups is 1. The first-order chi connectivity index (χ1) is 14.1. The third kappa shape index (κ3) is 3.54. The van der Waals surface area contributed by atoms with Crippen LogP contribution in [0.3, 0.4) is 0 Å². The molecule has 1 aromatic carbocycles. The van der Waals surface area contributed by atoms with E-state index in [-0.39, 0.29) is 11.8 Å². The number of nitrogens with zero attached hydrogens (tertiary/aromatic N) is 5. The van der Waals surface area contributed by atoms with Crippen LogP contribution in [0.1, 0.15) is 34.6 Å². The Morgan fingerprint density at radius 1 is 1.21 bits per heavy atom. The molecule has 146 valence electrons. The van der Waals surface area contributed by atoms with Gasteiger partial charge in [-0.3, -0.25) is 9.48 Å². The van der Waals surface area contributed by atoms with E-state index in [1.54, 1.807) is 0 Å². The third-order valence-corrected chi connectivity index (χ3v) is 5.22. The molecular formula is C20H20N8O. The van der Waals surface area contributed by atoms with Crippen LogP contribution in [0.4, 0.5) is 5.82 Å². The molecule has 1 amide bonds. The van der Waals surface area contributed by atoms with Gasteiger partial charge in [0, 0.05) is 31.5 Å². The van der Waals surface area contributed by atoms with E-state index in [4.69, 9.17) is 5.73 Å². The zero-order chi connectivity index (χ0) is 19.8. The molecule has 1 saturated heterocycles. The molecule has 0 spiro atoms. The Balaban J connectivity index is 1.33. The first-order valence-corrected chi connectivity index (χ1v) is 9.47. The van der Waals surface area contributed by atoms with E-state index in [9.17, 15) is 4.79 Å². The highest BCUT2D eigenvalue weighted by Crippen LogP contribution is 2.24. The Kier molecular flexibility index (Phi) is 4.19. The van der Waals surface area contributed by atoms with Gasteiger partial charge in [-0.05, 0) is 28.3 Å². The van der Waals surface area contributed by atoms with Crippen LogP contribution in [0.25, 0.3) is 11.2 Å². The molecule has 1 fully saturated rings. The van der Waals surface area contributed by atoms with Crippen molar-refractivity contribution in [3.8, 4) is 0 Å². The molecule has 4 N–H and O–H groups in total. The van der Waals surface area contributed by atoms with E-state index in [2.05, 4.69) is 49.0 Å². The predicted molar refractivity (Wildman–Crippen MR) is 107 cm³/mol. The zero-order valence-corrected chi connectivity index (χ0v) is 15.7. The van der Waals surface area contributed by atoms with Crippen LogP contribution in [0.2, 0.25) is 0 Å². The van der Waals surface area contributed by atoms with Crippen LogP contribution >= 0.6 is 0 Å². The van der Waals surface area contributed by atoms with Crippen molar-refractivity contribution in [1.82, 2.24) is 35.5 Å². The minimum atomic E-state index is 0.120. The fraction of sp³-hybridized carbons (Fsp3) is 0.250. The molecule has 1 aliphatic rings. The van der Waals surface area contributed by atoms with Crippen LogP contribution in [0.5, 0.6) is 0 Å². The molecular weight excluding hydrogens is 368 g/mol. The van der Waals surface area contributed by atoms with Gasteiger partial charge in [-0.25, -0.2) is 4.98 Å². The van der Waals surface area contributed by atoms with Gasteiger partial charge in [0.1, 0.15) is 11.3 Å². The fourth-order valence-corrected chi connectivity index (χ4v) is 3.83. The summed E-state index contributed by atoms with van der Waals surface area (Å²) in [5.74, 6) is 0.790. The summed E-state index contributed by atoms with van der Waals surface area (Å²) in [6, 6.07) is 10.2. The van der Waals surface area contributed by atoms with Gasteiger partial charge in [-0.15, -0.1) is 5.10 Å². The van der Waals surface area contributed by atoms with Crippen molar-refractivity contribution in [3.05, 3.63) is 65.0 Å². The molecule has 0 unspecified atom stereocenters. The summed E-state index contributed by atoms with van der Waals surface area (Å²) in [5.41, 5.74) is 11.5. The number of aromatic amines is 1. The maximum Gasteiger partial charge on any atom is 0.220 e. The highest BCUT2D eigenvalue weighted by Gasteiger charge is 2.23. The quantitative estimate of drug-likeness (QED) is 0.474. The van der Waals surface area contributed by atoms with E-state index >= 15 is 0 Å². The summed E-state index contributed by atoms with van der Waals surface area (Å²) in [6.07, 6.45) is 5.08. The van der Waals surface area contributed by atoms with Crippen molar-refractivity contribution in [2.45, 2.75) is 25.3 Å². The lowest BCUT2D eigenvalue weighted by molar-refractivity contribution is -0.119. The number of hydrogen-bond donors (Lipinski definition) is 3. The Morgan fingerprint density at radius 2 is 2.14 bits per heavy atom. The molecule has 0 bridgehead atoms. The molecule has 4 aromatic rings. The molecule has 29 heavy (non-hydrogen) atoms. The minimum absolute atomic E-state index is 0.120. The second-order valence-corrected chi connectivity index (χ2v) is 7.38. The van der Waals surface area contributed by atoms with Crippen LogP contribution in [-0.2, 0) is 17.8 Å². The van der Waals surface area contributed by atoms with Gasteiger partial charge < -0.3 is 11.1 Å². The molecule has 9 nitrogen and oxygen atoms in total. The van der Waals surface area contributed by atoms with Crippen molar-refractivity contribution < 1.29 is 4.79 Å². The summed E-state index contributed by atoms with van der Waals surface area (Å²) in [7, 11) is 0. The topological polar surface area (TPSA) is 127 Å². The molecule has 0 radical (unpaired) electrons. The lowest BCUT2D eigenvalue weighted by atomic mass is 9.96. The second-order valence-electron chi connectivity index (χ2n) is 7.38. The normalized spacial score (nSPS) is 16.4. The Bertz CT molecular complexity index is 1190. The summed E-state index contributed by atoms with van der Waals surface area (Å²) in [6.45, 7) is 1.37. The van der Waals surface area contributed by atoms with Crippen molar-refractivity contribution in [3.63, 3.8) is 0 Å². The Hall–Kier alpha value is -3.75. The smallest absolute Gasteiger partial charge is 0.220 e. The molecule has 0 saturated carbocycles. The van der Waals surface area contributed by atoms with Gasteiger partial charge in [-0.1, -0.05) is 24.3 Å². The zero-order valence-electron chi connectivity index (χ0n) is 15.7. The van der Waals surface area contributed by atoms with Crippen molar-refractivity contribution in [2.75, 3.05) is 12.3 Å². The van der Waals surface area contributed by atoms with Gasteiger partial charge >= 0.3 is 0 Å². The Labute approximate surface area is 166 Å². The Morgan fingerprint density at radius 3 is 3.00 bits per heavy atom. The van der Waals surface area contributed by atoms with Crippen LogP contribution < -0.4 is 11.1 Å². The average molecular weight is 388 g/mol. The molecule has 4 heterocycles. The second kappa shape index (κ2) is 7.01. The van der Waals surface area contributed by atoms with E-state index in [1.165, 1.54) is 5.56 Å². The number of carbonyl (C=O) groups excluding carboxylic acids is 1. The summed E-state index contributed by atoms with van der Waals surface area (Å²) >= 11 is 0. The number of nitrogens with one attached hydrogen (secondary N) is 2. The van der Waals surface area contributed by atoms with Gasteiger partial charge in [0.2, 0.25) is 11.6 Å². The monoisotopic (exact) mass is 388 g/mol. The van der Waals surface area contributed by atoms with E-state index < -0.39 is 0 Å². The number of nitrogens with two attached hydrogens (primary N) is 1. The highest BCUT2D eigenvalue weighted by molar-refractivity contribution is 5.79. The molecule has 3 aromatic heterocycles.